The van der Waals surface area contributed by atoms with Gasteiger partial charge < -0.3 is 10.3 Å². The van der Waals surface area contributed by atoms with E-state index in [-0.39, 0.29) is 23.9 Å². The molecular formula is C21H29N3O2. The van der Waals surface area contributed by atoms with Crippen molar-refractivity contribution >= 4 is 5.91 Å². The average Bonchev–Trinajstić information content (AvgIpc) is 2.53. The summed E-state index contributed by atoms with van der Waals surface area (Å²) in [5.74, 6) is 1.15. The molecule has 1 atom stereocenters. The number of aromatic amines is 1. The van der Waals surface area contributed by atoms with Gasteiger partial charge in [0.2, 0.25) is 5.91 Å². The highest BCUT2D eigenvalue weighted by atomic mass is 16.1. The molecule has 0 spiro atoms. The van der Waals surface area contributed by atoms with Crippen molar-refractivity contribution in [2.75, 3.05) is 0 Å². The third kappa shape index (κ3) is 5.55. The summed E-state index contributed by atoms with van der Waals surface area (Å²) in [6.07, 6.45) is 1.71. The molecule has 0 fully saturated rings. The third-order valence-electron chi connectivity index (χ3n) is 4.44. The number of rotatable bonds is 7. The molecule has 2 N–H and O–H groups in total. The Hall–Kier alpha value is -2.43. The number of hydrogen-bond donors (Lipinski definition) is 2. The molecule has 5 nitrogen and oxygen atoms in total. The van der Waals surface area contributed by atoms with Gasteiger partial charge in [0.1, 0.15) is 5.82 Å². The van der Waals surface area contributed by atoms with Crippen molar-refractivity contribution in [1.29, 1.82) is 0 Å². The number of nitrogens with zero attached hydrogens (tertiary/aromatic N) is 1. The highest BCUT2D eigenvalue weighted by Gasteiger charge is 2.13. The Labute approximate surface area is 155 Å². The van der Waals surface area contributed by atoms with Crippen LogP contribution in [0.2, 0.25) is 0 Å². The van der Waals surface area contributed by atoms with Crippen LogP contribution in [0.4, 0.5) is 0 Å². The van der Waals surface area contributed by atoms with E-state index in [0.717, 1.165) is 12.0 Å². The van der Waals surface area contributed by atoms with E-state index in [2.05, 4.69) is 53.4 Å². The van der Waals surface area contributed by atoms with Gasteiger partial charge in [-0.2, -0.15) is 0 Å². The lowest BCUT2D eigenvalue weighted by molar-refractivity contribution is -0.121. The Morgan fingerprint density at radius 2 is 1.81 bits per heavy atom. The summed E-state index contributed by atoms with van der Waals surface area (Å²) in [6.45, 7) is 9.93. The van der Waals surface area contributed by atoms with Crippen LogP contribution in [-0.4, -0.2) is 15.9 Å². The lowest BCUT2D eigenvalue weighted by atomic mass is 10.00. The summed E-state index contributed by atoms with van der Waals surface area (Å²) in [6, 6.07) is 8.33. The van der Waals surface area contributed by atoms with E-state index < -0.39 is 0 Å². The third-order valence-corrected chi connectivity index (χ3v) is 4.44. The second-order valence-corrected chi connectivity index (χ2v) is 7.34. The second kappa shape index (κ2) is 8.79. The summed E-state index contributed by atoms with van der Waals surface area (Å²) in [5.41, 5.74) is 3.50. The highest BCUT2D eigenvalue weighted by Crippen LogP contribution is 2.16. The van der Waals surface area contributed by atoms with Crippen LogP contribution in [0.5, 0.6) is 0 Å². The van der Waals surface area contributed by atoms with Crippen LogP contribution in [0.3, 0.4) is 0 Å². The molecule has 1 heterocycles. The summed E-state index contributed by atoms with van der Waals surface area (Å²) < 4.78 is 0. The molecule has 140 valence electrons. The van der Waals surface area contributed by atoms with E-state index in [4.69, 9.17) is 0 Å². The first-order valence-corrected chi connectivity index (χ1v) is 9.21. The lowest BCUT2D eigenvalue weighted by Gasteiger charge is -2.15. The van der Waals surface area contributed by atoms with Gasteiger partial charge in [-0.1, -0.05) is 38.1 Å². The molecule has 2 rings (SSSR count). The van der Waals surface area contributed by atoms with Crippen molar-refractivity contribution in [3.8, 4) is 0 Å². The molecule has 0 radical (unpaired) electrons. The normalized spacial score (nSPS) is 12.2. The molecule has 0 bridgehead atoms. The number of benzene rings is 1. The van der Waals surface area contributed by atoms with Gasteiger partial charge >= 0.3 is 0 Å². The van der Waals surface area contributed by atoms with Crippen LogP contribution >= 0.6 is 0 Å². The monoisotopic (exact) mass is 355 g/mol. The van der Waals surface area contributed by atoms with Gasteiger partial charge in [0.15, 0.2) is 0 Å². The maximum atomic E-state index is 12.3. The van der Waals surface area contributed by atoms with Gasteiger partial charge in [0.05, 0.1) is 6.04 Å². The Morgan fingerprint density at radius 1 is 1.15 bits per heavy atom. The van der Waals surface area contributed by atoms with E-state index in [0.29, 0.717) is 29.4 Å². The van der Waals surface area contributed by atoms with Crippen molar-refractivity contribution in [2.45, 2.75) is 59.9 Å². The quantitative estimate of drug-likeness (QED) is 0.799. The Balaban J connectivity index is 1.92. The smallest absolute Gasteiger partial charge is 0.254 e. The van der Waals surface area contributed by atoms with E-state index in [1.54, 1.807) is 13.8 Å². The topological polar surface area (TPSA) is 74.8 Å². The Bertz CT molecular complexity index is 807. The molecule has 2 aromatic rings. The SMILES string of the molecule is Cc1nc(C)c(CCC(=O)N[C@H](C)c2ccc(CC(C)C)cc2)c(=O)[nH]1. The molecule has 0 saturated heterocycles. The largest absolute Gasteiger partial charge is 0.350 e. The molecule has 26 heavy (non-hydrogen) atoms. The van der Waals surface area contributed by atoms with Crippen molar-refractivity contribution < 1.29 is 4.79 Å². The first-order valence-electron chi connectivity index (χ1n) is 9.21. The van der Waals surface area contributed by atoms with E-state index >= 15 is 0 Å². The molecule has 1 aromatic heterocycles. The minimum atomic E-state index is -0.156. The number of aryl methyl sites for hydroxylation is 2. The molecule has 0 aliphatic carbocycles. The Morgan fingerprint density at radius 3 is 2.38 bits per heavy atom. The molecular weight excluding hydrogens is 326 g/mol. The van der Waals surface area contributed by atoms with E-state index in [1.165, 1.54) is 5.56 Å². The summed E-state index contributed by atoms with van der Waals surface area (Å²) in [7, 11) is 0. The van der Waals surface area contributed by atoms with Gasteiger partial charge in [-0.3, -0.25) is 9.59 Å². The Kier molecular flexibility index (Phi) is 6.72. The predicted octanol–water partition coefficient (Wildman–Crippen LogP) is 3.40. The summed E-state index contributed by atoms with van der Waals surface area (Å²) in [5, 5.41) is 3.01. The predicted molar refractivity (Wildman–Crippen MR) is 104 cm³/mol. The van der Waals surface area contributed by atoms with E-state index in [9.17, 15) is 9.59 Å². The highest BCUT2D eigenvalue weighted by molar-refractivity contribution is 5.76. The van der Waals surface area contributed by atoms with Crippen LogP contribution in [0, 0.1) is 19.8 Å². The molecule has 0 saturated carbocycles. The van der Waals surface area contributed by atoms with Crippen LogP contribution in [0.15, 0.2) is 29.1 Å². The maximum absolute atomic E-state index is 12.3. The number of aromatic nitrogens is 2. The molecule has 1 aromatic carbocycles. The van der Waals surface area contributed by atoms with Crippen molar-refractivity contribution in [3.63, 3.8) is 0 Å². The van der Waals surface area contributed by atoms with Crippen LogP contribution < -0.4 is 10.9 Å². The van der Waals surface area contributed by atoms with Gasteiger partial charge in [-0.15, -0.1) is 0 Å². The summed E-state index contributed by atoms with van der Waals surface area (Å²) >= 11 is 0. The van der Waals surface area contributed by atoms with Crippen molar-refractivity contribution in [1.82, 2.24) is 15.3 Å². The van der Waals surface area contributed by atoms with Crippen molar-refractivity contribution in [3.05, 3.63) is 62.8 Å². The first-order chi connectivity index (χ1) is 12.3. The van der Waals surface area contributed by atoms with E-state index in [1.807, 2.05) is 6.92 Å². The van der Waals surface area contributed by atoms with Crippen LogP contribution in [0.25, 0.3) is 0 Å². The van der Waals surface area contributed by atoms with Crippen molar-refractivity contribution in [2.24, 2.45) is 5.92 Å². The lowest BCUT2D eigenvalue weighted by Crippen LogP contribution is -2.28. The van der Waals surface area contributed by atoms with Gasteiger partial charge in [-0.05, 0) is 50.7 Å². The average molecular weight is 355 g/mol. The minimum absolute atomic E-state index is 0.0638. The van der Waals surface area contributed by atoms with Gasteiger partial charge in [0.25, 0.3) is 5.56 Å². The van der Waals surface area contributed by atoms with Crippen LogP contribution in [0.1, 0.15) is 61.4 Å². The zero-order valence-corrected chi connectivity index (χ0v) is 16.3. The summed E-state index contributed by atoms with van der Waals surface area (Å²) in [4.78, 5) is 31.2. The molecule has 1 amide bonds. The molecule has 0 aliphatic heterocycles. The molecule has 0 aliphatic rings. The van der Waals surface area contributed by atoms with Gasteiger partial charge in [0, 0.05) is 17.7 Å². The van der Waals surface area contributed by atoms with Gasteiger partial charge in [-0.25, -0.2) is 4.98 Å². The molecule has 5 heteroatoms. The molecule has 0 unspecified atom stereocenters. The number of H-pyrrole nitrogens is 1. The number of carbonyl (C=O) groups excluding carboxylic acids is 1. The first kappa shape index (κ1) is 19.9. The number of carbonyl (C=O) groups is 1. The number of hydrogen-bond acceptors (Lipinski definition) is 3. The standard InChI is InChI=1S/C21H29N3O2/c1-13(2)12-17-6-8-18(9-7-17)14(3)23-20(25)11-10-19-15(4)22-16(5)24-21(19)26/h6-9,13-14H,10-12H2,1-5H3,(H,23,25)(H,22,24,26)/t14-/m1/s1. The number of amides is 1. The fraction of sp³-hybridized carbons (Fsp3) is 0.476. The fourth-order valence-electron chi connectivity index (χ4n) is 3.09. The zero-order valence-electron chi connectivity index (χ0n) is 16.3. The minimum Gasteiger partial charge on any atom is -0.350 e. The zero-order chi connectivity index (χ0) is 19.3. The number of nitrogens with one attached hydrogen (secondary N) is 2. The second-order valence-electron chi connectivity index (χ2n) is 7.34. The van der Waals surface area contributed by atoms with Crippen LogP contribution in [-0.2, 0) is 17.6 Å². The fourth-order valence-corrected chi connectivity index (χ4v) is 3.09. The maximum Gasteiger partial charge on any atom is 0.254 e.